The van der Waals surface area contributed by atoms with Crippen molar-refractivity contribution in [3.8, 4) is 0 Å². The van der Waals surface area contributed by atoms with E-state index in [1.165, 1.54) is 0 Å². The molecule has 2 aromatic rings. The van der Waals surface area contributed by atoms with Gasteiger partial charge in [0.25, 0.3) is 0 Å². The summed E-state index contributed by atoms with van der Waals surface area (Å²) < 4.78 is 0. The minimum absolute atomic E-state index is 0.140. The van der Waals surface area contributed by atoms with Gasteiger partial charge in [-0.1, -0.05) is 35.5 Å². The number of amidine groups is 1. The van der Waals surface area contributed by atoms with Crippen LogP contribution < -0.4 is 11.1 Å². The molecule has 5 nitrogen and oxygen atoms in total. The maximum absolute atomic E-state index is 12.3. The number of aromatic nitrogens is 1. The van der Waals surface area contributed by atoms with Gasteiger partial charge in [-0.05, 0) is 43.2 Å². The molecule has 0 spiro atoms. The Kier molecular flexibility index (Phi) is 5.30. The van der Waals surface area contributed by atoms with Gasteiger partial charge >= 0.3 is 0 Å². The van der Waals surface area contributed by atoms with Gasteiger partial charge in [0.1, 0.15) is 0 Å². The van der Waals surface area contributed by atoms with E-state index in [2.05, 4.69) is 22.2 Å². The third-order valence-electron chi connectivity index (χ3n) is 4.08. The molecule has 0 fully saturated rings. The van der Waals surface area contributed by atoms with E-state index in [-0.39, 0.29) is 17.9 Å². The Morgan fingerprint density at radius 3 is 3.00 bits per heavy atom. The van der Waals surface area contributed by atoms with Crippen molar-refractivity contribution in [2.75, 3.05) is 11.1 Å². The van der Waals surface area contributed by atoms with E-state index in [1.54, 1.807) is 30.1 Å². The average molecular weight is 375 g/mol. The van der Waals surface area contributed by atoms with Crippen molar-refractivity contribution >= 4 is 40.1 Å². The highest BCUT2D eigenvalue weighted by atomic mass is 35.5. The fourth-order valence-corrected chi connectivity index (χ4v) is 3.90. The molecular formula is C18H19ClN4OS. The van der Waals surface area contributed by atoms with Crippen LogP contribution in [0, 0.1) is 0 Å². The lowest BCUT2D eigenvalue weighted by atomic mass is 9.89. The number of nitrogens with one attached hydrogen (secondary N) is 1. The van der Waals surface area contributed by atoms with Crippen LogP contribution in [-0.4, -0.2) is 21.8 Å². The summed E-state index contributed by atoms with van der Waals surface area (Å²) in [7, 11) is 0. The molecule has 1 amide bonds. The van der Waals surface area contributed by atoms with Gasteiger partial charge in [0.2, 0.25) is 5.91 Å². The number of rotatable bonds is 4. The zero-order valence-corrected chi connectivity index (χ0v) is 15.4. The lowest BCUT2D eigenvalue weighted by Crippen LogP contribution is -2.28. The number of nitrogens with two attached hydrogens (primary N) is 1. The van der Waals surface area contributed by atoms with Crippen LogP contribution in [0.25, 0.3) is 0 Å². The van der Waals surface area contributed by atoms with Crippen LogP contribution in [0.5, 0.6) is 0 Å². The quantitative estimate of drug-likeness (QED) is 0.857. The van der Waals surface area contributed by atoms with Gasteiger partial charge in [-0.15, -0.1) is 0 Å². The van der Waals surface area contributed by atoms with Crippen LogP contribution in [0.1, 0.15) is 24.6 Å². The monoisotopic (exact) mass is 374 g/mol. The molecule has 0 aliphatic carbocycles. The van der Waals surface area contributed by atoms with Crippen molar-refractivity contribution in [2.24, 2.45) is 10.7 Å². The third kappa shape index (κ3) is 4.52. The first-order valence-electron chi connectivity index (χ1n) is 7.93. The highest BCUT2D eigenvalue weighted by Crippen LogP contribution is 2.35. The van der Waals surface area contributed by atoms with E-state index in [0.717, 1.165) is 23.4 Å². The molecule has 1 aromatic heterocycles. The molecular weight excluding hydrogens is 356 g/mol. The van der Waals surface area contributed by atoms with Gasteiger partial charge in [-0.3, -0.25) is 14.8 Å². The zero-order valence-electron chi connectivity index (χ0n) is 13.8. The van der Waals surface area contributed by atoms with Crippen LogP contribution in [0.4, 0.5) is 5.69 Å². The summed E-state index contributed by atoms with van der Waals surface area (Å²) >= 11 is 7.50. The van der Waals surface area contributed by atoms with Crippen molar-refractivity contribution in [3.63, 3.8) is 0 Å². The number of halogens is 1. The lowest BCUT2D eigenvalue weighted by Gasteiger charge is -2.30. The topological polar surface area (TPSA) is 80.4 Å². The van der Waals surface area contributed by atoms with E-state index in [4.69, 9.17) is 17.3 Å². The normalized spacial score (nSPS) is 20.0. The van der Waals surface area contributed by atoms with Crippen molar-refractivity contribution < 1.29 is 4.79 Å². The Labute approximate surface area is 156 Å². The predicted octanol–water partition coefficient (Wildman–Crippen LogP) is 3.58. The van der Waals surface area contributed by atoms with Crippen molar-refractivity contribution in [3.05, 3.63) is 58.9 Å². The van der Waals surface area contributed by atoms with Gasteiger partial charge in [-0.2, -0.15) is 0 Å². The first kappa shape index (κ1) is 17.8. The zero-order chi connectivity index (χ0) is 17.9. The highest BCUT2D eigenvalue weighted by Gasteiger charge is 2.29. The average Bonchev–Trinajstić information content (AvgIpc) is 2.55. The van der Waals surface area contributed by atoms with Gasteiger partial charge in [0.15, 0.2) is 5.17 Å². The Hall–Kier alpha value is -2.05. The van der Waals surface area contributed by atoms with E-state index in [9.17, 15) is 4.79 Å². The summed E-state index contributed by atoms with van der Waals surface area (Å²) in [5.74, 6) is 0.794. The van der Waals surface area contributed by atoms with E-state index in [0.29, 0.717) is 15.9 Å². The molecule has 25 heavy (non-hydrogen) atoms. The molecule has 0 bridgehead atoms. The number of hydrogen-bond donors (Lipinski definition) is 2. The van der Waals surface area contributed by atoms with Crippen LogP contribution in [-0.2, 0) is 16.8 Å². The second-order valence-electron chi connectivity index (χ2n) is 6.09. The second-order valence-corrected chi connectivity index (χ2v) is 7.65. The molecule has 7 heteroatoms. The largest absolute Gasteiger partial charge is 0.379 e. The number of anilines is 1. The number of aliphatic imine (C=N–C) groups is 1. The SMILES string of the molecule is CC1(c2cccc(NC(=O)Cc3cc(Cl)ccn3)c2)CCSC(N)=N1. The number of pyridine rings is 1. The van der Waals surface area contributed by atoms with E-state index < -0.39 is 0 Å². The number of carbonyl (C=O) groups excluding carboxylic acids is 1. The molecule has 1 aliphatic heterocycles. The van der Waals surface area contributed by atoms with Gasteiger partial charge < -0.3 is 11.1 Å². The summed E-state index contributed by atoms with van der Waals surface area (Å²) in [6.45, 7) is 2.07. The molecule has 1 aliphatic rings. The standard InChI is InChI=1S/C18H19ClN4OS/c1-18(6-8-25-17(20)23-18)12-3-2-4-14(9-12)22-16(24)11-15-10-13(19)5-7-21-15/h2-5,7,9-10H,6,8,11H2,1H3,(H2,20,23)(H,22,24). The summed E-state index contributed by atoms with van der Waals surface area (Å²) in [5, 5.41) is 4.09. The highest BCUT2D eigenvalue weighted by molar-refractivity contribution is 8.13. The fourth-order valence-electron chi connectivity index (χ4n) is 2.74. The maximum atomic E-state index is 12.3. The number of thioether (sulfide) groups is 1. The number of benzene rings is 1. The van der Waals surface area contributed by atoms with Crippen LogP contribution in [0.3, 0.4) is 0 Å². The molecule has 1 unspecified atom stereocenters. The third-order valence-corrected chi connectivity index (χ3v) is 5.11. The fraction of sp³-hybridized carbons (Fsp3) is 0.278. The molecule has 3 rings (SSSR count). The van der Waals surface area contributed by atoms with Gasteiger partial charge in [0, 0.05) is 22.7 Å². The van der Waals surface area contributed by atoms with Gasteiger partial charge in [0.05, 0.1) is 17.7 Å². The number of hydrogen-bond acceptors (Lipinski definition) is 5. The first-order chi connectivity index (χ1) is 11.9. The maximum Gasteiger partial charge on any atom is 0.230 e. The molecule has 0 saturated heterocycles. The Morgan fingerprint density at radius 2 is 2.24 bits per heavy atom. The smallest absolute Gasteiger partial charge is 0.230 e. The molecule has 2 heterocycles. The van der Waals surface area contributed by atoms with E-state index in [1.807, 2.05) is 24.3 Å². The van der Waals surface area contributed by atoms with Crippen molar-refractivity contribution in [2.45, 2.75) is 25.3 Å². The Balaban J connectivity index is 1.73. The minimum atomic E-state index is -0.357. The van der Waals surface area contributed by atoms with Crippen LogP contribution in [0.15, 0.2) is 47.6 Å². The Morgan fingerprint density at radius 1 is 1.40 bits per heavy atom. The molecule has 1 atom stereocenters. The van der Waals surface area contributed by atoms with Crippen molar-refractivity contribution in [1.82, 2.24) is 4.98 Å². The number of amides is 1. The van der Waals surface area contributed by atoms with Crippen LogP contribution in [0.2, 0.25) is 5.02 Å². The summed E-state index contributed by atoms with van der Waals surface area (Å²) in [5.41, 5.74) is 7.94. The van der Waals surface area contributed by atoms with E-state index >= 15 is 0 Å². The molecule has 1 aromatic carbocycles. The molecule has 3 N–H and O–H groups in total. The Bertz CT molecular complexity index is 826. The summed E-state index contributed by atoms with van der Waals surface area (Å²) in [4.78, 5) is 21.0. The summed E-state index contributed by atoms with van der Waals surface area (Å²) in [6, 6.07) is 11.1. The number of nitrogens with zero attached hydrogens (tertiary/aromatic N) is 2. The lowest BCUT2D eigenvalue weighted by molar-refractivity contribution is -0.115. The minimum Gasteiger partial charge on any atom is -0.379 e. The van der Waals surface area contributed by atoms with Gasteiger partial charge in [-0.25, -0.2) is 0 Å². The van der Waals surface area contributed by atoms with Crippen LogP contribution >= 0.6 is 23.4 Å². The molecule has 130 valence electrons. The second kappa shape index (κ2) is 7.45. The molecule has 0 saturated carbocycles. The number of carbonyl (C=O) groups is 1. The molecule has 0 radical (unpaired) electrons. The first-order valence-corrected chi connectivity index (χ1v) is 9.30. The summed E-state index contributed by atoms with van der Waals surface area (Å²) in [6.07, 6.45) is 2.67. The predicted molar refractivity (Wildman–Crippen MR) is 104 cm³/mol. The van der Waals surface area contributed by atoms with Crippen molar-refractivity contribution in [1.29, 1.82) is 0 Å².